The molecule has 1 aromatic carbocycles. The summed E-state index contributed by atoms with van der Waals surface area (Å²) in [6.07, 6.45) is 0. The van der Waals surface area contributed by atoms with E-state index < -0.39 is 24.5 Å². The number of carboxylic acid groups (broad SMARTS) is 3. The van der Waals surface area contributed by atoms with Crippen LogP contribution < -0.4 is 0 Å². The Hall–Kier alpha value is -2.41. The summed E-state index contributed by atoms with van der Waals surface area (Å²) in [6, 6.07) is 5.48. The van der Waals surface area contributed by atoms with Gasteiger partial charge in [-0.3, -0.25) is 0 Å². The monoisotopic (exact) mass is 242 g/mol. The third-order valence-corrected chi connectivity index (χ3v) is 1.52. The summed E-state index contributed by atoms with van der Waals surface area (Å²) in [5, 5.41) is 32.1. The second kappa shape index (κ2) is 6.96. The Bertz CT molecular complexity index is 391. The van der Waals surface area contributed by atoms with Crippen molar-refractivity contribution in [1.82, 2.24) is 0 Å². The van der Waals surface area contributed by atoms with E-state index in [4.69, 9.17) is 25.2 Å². The number of hydrogen-bond donors (Lipinski definition) is 4. The second-order valence-corrected chi connectivity index (χ2v) is 2.71. The lowest BCUT2D eigenvalue weighted by Gasteiger charge is -1.98. The van der Waals surface area contributed by atoms with Crippen molar-refractivity contribution in [1.29, 1.82) is 0 Å². The van der Waals surface area contributed by atoms with Crippen LogP contribution in [0.1, 0.15) is 20.7 Å². The molecule has 4 N–H and O–H groups in total. The Morgan fingerprint density at radius 1 is 0.882 bits per heavy atom. The van der Waals surface area contributed by atoms with Crippen molar-refractivity contribution in [3.8, 4) is 0 Å². The standard InChI is InChI=1S/C8H6O4.C2H4O3/c9-7(10)5-3-1-2-4-6(5)8(11)12;3-1-2(4)5/h1-4H,(H,9,10)(H,11,12);3H,1H2,(H,4,5). The molecule has 0 heterocycles. The van der Waals surface area contributed by atoms with Crippen LogP contribution in [0, 0.1) is 0 Å². The van der Waals surface area contributed by atoms with Gasteiger partial charge in [0, 0.05) is 0 Å². The van der Waals surface area contributed by atoms with Gasteiger partial charge in [0.15, 0.2) is 0 Å². The topological polar surface area (TPSA) is 132 Å². The fourth-order valence-corrected chi connectivity index (χ4v) is 0.856. The zero-order valence-electron chi connectivity index (χ0n) is 8.53. The molecule has 0 fully saturated rings. The van der Waals surface area contributed by atoms with E-state index in [1.807, 2.05) is 0 Å². The van der Waals surface area contributed by atoms with E-state index in [1.165, 1.54) is 24.3 Å². The van der Waals surface area contributed by atoms with Gasteiger partial charge in [0.25, 0.3) is 0 Å². The van der Waals surface area contributed by atoms with Crippen LogP contribution >= 0.6 is 0 Å². The van der Waals surface area contributed by atoms with Gasteiger partial charge in [0.1, 0.15) is 6.61 Å². The van der Waals surface area contributed by atoms with Gasteiger partial charge in [0.2, 0.25) is 0 Å². The van der Waals surface area contributed by atoms with Crippen LogP contribution in [0.4, 0.5) is 0 Å². The minimum absolute atomic E-state index is 0.190. The lowest BCUT2D eigenvalue weighted by atomic mass is 10.1. The molecule has 1 aromatic rings. The summed E-state index contributed by atoms with van der Waals surface area (Å²) in [5.41, 5.74) is -0.380. The number of aromatic carboxylic acids is 2. The molecule has 0 atom stereocenters. The molecule has 0 aliphatic heterocycles. The average molecular weight is 242 g/mol. The highest BCUT2D eigenvalue weighted by Gasteiger charge is 2.13. The van der Waals surface area contributed by atoms with E-state index in [0.29, 0.717) is 0 Å². The summed E-state index contributed by atoms with van der Waals surface area (Å²) in [7, 11) is 0. The number of carboxylic acids is 3. The van der Waals surface area contributed by atoms with Crippen LogP contribution in [-0.4, -0.2) is 44.9 Å². The quantitative estimate of drug-likeness (QED) is 0.592. The van der Waals surface area contributed by atoms with Gasteiger partial charge in [-0.25, -0.2) is 14.4 Å². The highest BCUT2D eigenvalue weighted by Crippen LogP contribution is 2.07. The molecule has 0 bridgehead atoms. The van der Waals surface area contributed by atoms with Crippen molar-refractivity contribution in [2.24, 2.45) is 0 Å². The smallest absolute Gasteiger partial charge is 0.336 e. The number of carbonyl (C=O) groups is 3. The first-order chi connectivity index (χ1) is 7.90. The molecule has 0 unspecified atom stereocenters. The van der Waals surface area contributed by atoms with E-state index in [0.717, 1.165) is 0 Å². The minimum atomic E-state index is -1.23. The molecular weight excluding hydrogens is 232 g/mol. The van der Waals surface area contributed by atoms with Crippen LogP contribution in [0.15, 0.2) is 24.3 Å². The van der Waals surface area contributed by atoms with Gasteiger partial charge in [-0.05, 0) is 12.1 Å². The molecule has 0 spiro atoms. The van der Waals surface area contributed by atoms with Crippen molar-refractivity contribution in [3.05, 3.63) is 35.4 Å². The van der Waals surface area contributed by atoms with Crippen LogP contribution in [0.2, 0.25) is 0 Å². The van der Waals surface area contributed by atoms with E-state index in [2.05, 4.69) is 0 Å². The van der Waals surface area contributed by atoms with Gasteiger partial charge in [0.05, 0.1) is 11.1 Å². The molecule has 0 aromatic heterocycles. The zero-order chi connectivity index (χ0) is 13.4. The van der Waals surface area contributed by atoms with E-state index in [1.54, 1.807) is 0 Å². The van der Waals surface area contributed by atoms with Gasteiger partial charge >= 0.3 is 17.9 Å². The number of benzene rings is 1. The van der Waals surface area contributed by atoms with Crippen LogP contribution in [-0.2, 0) is 4.79 Å². The van der Waals surface area contributed by atoms with Gasteiger partial charge in [-0.1, -0.05) is 12.1 Å². The van der Waals surface area contributed by atoms with Gasteiger partial charge < -0.3 is 20.4 Å². The maximum Gasteiger partial charge on any atom is 0.336 e. The fourth-order valence-electron chi connectivity index (χ4n) is 0.856. The van der Waals surface area contributed by atoms with Crippen LogP contribution in [0.3, 0.4) is 0 Å². The maximum absolute atomic E-state index is 10.5. The van der Waals surface area contributed by atoms with Crippen molar-refractivity contribution < 1.29 is 34.8 Å². The second-order valence-electron chi connectivity index (χ2n) is 2.71. The molecule has 0 saturated carbocycles. The molecule has 92 valence electrons. The third-order valence-electron chi connectivity index (χ3n) is 1.52. The highest BCUT2D eigenvalue weighted by atomic mass is 16.4. The number of rotatable bonds is 3. The van der Waals surface area contributed by atoms with Crippen molar-refractivity contribution in [3.63, 3.8) is 0 Å². The fraction of sp³-hybridized carbons (Fsp3) is 0.100. The Labute approximate surface area is 95.6 Å². The Morgan fingerprint density at radius 2 is 1.18 bits per heavy atom. The molecule has 0 saturated heterocycles. The summed E-state index contributed by atoms with van der Waals surface area (Å²) < 4.78 is 0. The molecule has 0 aliphatic rings. The number of hydrogen-bond acceptors (Lipinski definition) is 4. The minimum Gasteiger partial charge on any atom is -0.480 e. The van der Waals surface area contributed by atoms with Crippen molar-refractivity contribution in [2.75, 3.05) is 6.61 Å². The summed E-state index contributed by atoms with van der Waals surface area (Å²) >= 11 is 0. The highest BCUT2D eigenvalue weighted by molar-refractivity contribution is 6.01. The lowest BCUT2D eigenvalue weighted by Crippen LogP contribution is -2.06. The SMILES string of the molecule is O=C(O)CO.O=C(O)c1ccccc1C(=O)O. The zero-order valence-corrected chi connectivity index (χ0v) is 8.53. The maximum atomic E-state index is 10.5. The normalized spacial score (nSPS) is 8.76. The van der Waals surface area contributed by atoms with Gasteiger partial charge in [-0.2, -0.15) is 0 Å². The third kappa shape index (κ3) is 5.28. The molecule has 7 nitrogen and oxygen atoms in total. The number of aliphatic carboxylic acids is 1. The van der Waals surface area contributed by atoms with E-state index >= 15 is 0 Å². The summed E-state index contributed by atoms with van der Waals surface area (Å²) in [4.78, 5) is 30.0. The molecular formula is C10H10O7. The molecule has 0 aliphatic carbocycles. The predicted octanol–water partition coefficient (Wildman–Crippen LogP) is 0.146. The molecule has 0 radical (unpaired) electrons. The average Bonchev–Trinajstić information content (AvgIpc) is 2.29. The summed E-state index contributed by atoms with van der Waals surface area (Å²) in [5.74, 6) is -3.65. The van der Waals surface area contributed by atoms with Crippen LogP contribution in [0.5, 0.6) is 0 Å². The summed E-state index contributed by atoms with van der Waals surface area (Å²) in [6.45, 7) is -0.778. The predicted molar refractivity (Wildman–Crippen MR) is 55.1 cm³/mol. The Balaban J connectivity index is 0.000000437. The molecule has 7 heteroatoms. The number of aliphatic hydroxyl groups excluding tert-OH is 1. The Kier molecular flexibility index (Phi) is 5.98. The first kappa shape index (κ1) is 14.6. The number of aliphatic hydroxyl groups is 1. The van der Waals surface area contributed by atoms with Gasteiger partial charge in [-0.15, -0.1) is 0 Å². The Morgan fingerprint density at radius 3 is 1.35 bits per heavy atom. The molecule has 1 rings (SSSR count). The first-order valence-corrected chi connectivity index (χ1v) is 4.28. The van der Waals surface area contributed by atoms with E-state index in [9.17, 15) is 9.59 Å². The molecule has 0 amide bonds. The molecule has 17 heavy (non-hydrogen) atoms. The van der Waals surface area contributed by atoms with Crippen molar-refractivity contribution in [2.45, 2.75) is 0 Å². The van der Waals surface area contributed by atoms with E-state index in [-0.39, 0.29) is 11.1 Å². The lowest BCUT2D eigenvalue weighted by molar-refractivity contribution is -0.140. The van der Waals surface area contributed by atoms with Crippen LogP contribution in [0.25, 0.3) is 0 Å². The first-order valence-electron chi connectivity index (χ1n) is 4.28. The van der Waals surface area contributed by atoms with Crippen molar-refractivity contribution >= 4 is 17.9 Å². The largest absolute Gasteiger partial charge is 0.480 e.